The van der Waals surface area contributed by atoms with Crippen LogP contribution >= 0.6 is 46.6 Å². The first kappa shape index (κ1) is 18.8. The summed E-state index contributed by atoms with van der Waals surface area (Å²) in [5, 5.41) is 12.5. The molecule has 0 radical (unpaired) electrons. The topological polar surface area (TPSA) is 85.8 Å². The van der Waals surface area contributed by atoms with E-state index in [0.29, 0.717) is 37.3 Å². The van der Waals surface area contributed by atoms with Crippen LogP contribution in [-0.4, -0.2) is 26.5 Å². The number of nitrogens with two attached hydrogens (primary N) is 1. The molecule has 0 saturated carbocycles. The average molecular weight is 429 g/mol. The maximum atomic E-state index is 12.1. The van der Waals surface area contributed by atoms with Gasteiger partial charge in [0.05, 0.1) is 26.5 Å². The molecule has 0 aliphatic rings. The molecule has 0 bridgehead atoms. The van der Waals surface area contributed by atoms with Gasteiger partial charge in [-0.2, -0.15) is 0 Å². The molecule has 3 aromatic rings. The number of nitrogens with zero attached hydrogens (tertiary/aromatic N) is 3. The van der Waals surface area contributed by atoms with Gasteiger partial charge in [0.15, 0.2) is 5.82 Å². The highest BCUT2D eigenvalue weighted by Gasteiger charge is 2.15. The van der Waals surface area contributed by atoms with E-state index in [9.17, 15) is 4.79 Å². The first-order valence-electron chi connectivity index (χ1n) is 7.29. The number of benzene rings is 2. The van der Waals surface area contributed by atoms with E-state index in [1.54, 1.807) is 42.5 Å². The molecule has 0 aliphatic carbocycles. The normalized spacial score (nSPS) is 10.7. The van der Waals surface area contributed by atoms with Crippen LogP contribution in [0.3, 0.4) is 0 Å². The van der Waals surface area contributed by atoms with Crippen LogP contribution in [0.25, 0.3) is 11.4 Å². The van der Waals surface area contributed by atoms with E-state index in [4.69, 9.17) is 40.6 Å². The highest BCUT2D eigenvalue weighted by atomic mass is 35.5. The third-order valence-electron chi connectivity index (χ3n) is 3.32. The number of amides is 1. The standard InChI is InChI=1S/C16H12Cl3N5OS/c17-10-6-5-9(7-12(10)19)15-22-23-16(24(15)20)26-8-14(25)21-13-4-2-1-3-11(13)18/h1-7H,8,20H2,(H,21,25). The Morgan fingerprint density at radius 3 is 2.58 bits per heavy atom. The number of aromatic nitrogens is 3. The molecular formula is C16H12Cl3N5OS. The first-order chi connectivity index (χ1) is 12.5. The van der Waals surface area contributed by atoms with Crippen LogP contribution in [0.15, 0.2) is 47.6 Å². The van der Waals surface area contributed by atoms with E-state index in [-0.39, 0.29) is 11.7 Å². The van der Waals surface area contributed by atoms with Gasteiger partial charge in [0.2, 0.25) is 11.1 Å². The summed E-state index contributed by atoms with van der Waals surface area (Å²) in [5.74, 6) is 6.31. The highest BCUT2D eigenvalue weighted by Crippen LogP contribution is 2.28. The number of para-hydroxylation sites is 1. The Kier molecular flexibility index (Phi) is 5.93. The van der Waals surface area contributed by atoms with Gasteiger partial charge in [-0.3, -0.25) is 4.79 Å². The third kappa shape index (κ3) is 4.24. The van der Waals surface area contributed by atoms with Gasteiger partial charge >= 0.3 is 0 Å². The molecule has 134 valence electrons. The van der Waals surface area contributed by atoms with Crippen molar-refractivity contribution in [1.29, 1.82) is 0 Å². The van der Waals surface area contributed by atoms with E-state index < -0.39 is 0 Å². The van der Waals surface area contributed by atoms with Crippen LogP contribution in [0.2, 0.25) is 15.1 Å². The van der Waals surface area contributed by atoms with Crippen LogP contribution in [-0.2, 0) is 4.79 Å². The van der Waals surface area contributed by atoms with Crippen LogP contribution in [0.1, 0.15) is 0 Å². The number of rotatable bonds is 5. The molecule has 10 heteroatoms. The van der Waals surface area contributed by atoms with Gasteiger partial charge in [0.25, 0.3) is 0 Å². The zero-order valence-corrected chi connectivity index (χ0v) is 16.2. The average Bonchev–Trinajstić information content (AvgIpc) is 2.98. The van der Waals surface area contributed by atoms with Crippen LogP contribution in [0.4, 0.5) is 5.69 Å². The number of hydrogen-bond acceptors (Lipinski definition) is 5. The molecule has 1 amide bonds. The van der Waals surface area contributed by atoms with Crippen molar-refractivity contribution in [3.8, 4) is 11.4 Å². The SMILES string of the molecule is Nn1c(SCC(=O)Nc2ccccc2Cl)nnc1-c1ccc(Cl)c(Cl)c1. The van der Waals surface area contributed by atoms with Crippen molar-refractivity contribution in [3.05, 3.63) is 57.5 Å². The van der Waals surface area contributed by atoms with E-state index in [1.165, 1.54) is 4.68 Å². The molecule has 0 spiro atoms. The van der Waals surface area contributed by atoms with Crippen molar-refractivity contribution in [1.82, 2.24) is 14.9 Å². The molecule has 0 fully saturated rings. The summed E-state index contributed by atoms with van der Waals surface area (Å²) in [6.07, 6.45) is 0. The van der Waals surface area contributed by atoms with Gasteiger partial charge in [-0.1, -0.05) is 58.7 Å². The lowest BCUT2D eigenvalue weighted by Gasteiger charge is -2.07. The Bertz CT molecular complexity index is 963. The number of carbonyl (C=O) groups excluding carboxylic acids is 1. The number of anilines is 1. The quantitative estimate of drug-likeness (QED) is 0.466. The number of hydrogen-bond donors (Lipinski definition) is 2. The van der Waals surface area contributed by atoms with Crippen molar-refractivity contribution in [3.63, 3.8) is 0 Å². The minimum absolute atomic E-state index is 0.0991. The van der Waals surface area contributed by atoms with Crippen molar-refractivity contribution in [2.24, 2.45) is 0 Å². The molecule has 0 unspecified atom stereocenters. The first-order valence-corrected chi connectivity index (χ1v) is 9.40. The molecule has 0 saturated heterocycles. The van der Waals surface area contributed by atoms with E-state index in [1.807, 2.05) is 0 Å². The molecule has 1 heterocycles. The summed E-state index contributed by atoms with van der Waals surface area (Å²) < 4.78 is 1.30. The van der Waals surface area contributed by atoms with Crippen molar-refractivity contribution in [2.75, 3.05) is 16.9 Å². The Balaban J connectivity index is 1.68. The van der Waals surface area contributed by atoms with Gasteiger partial charge in [-0.15, -0.1) is 10.2 Å². The second kappa shape index (κ2) is 8.18. The summed E-state index contributed by atoms with van der Waals surface area (Å²) in [7, 11) is 0. The molecule has 26 heavy (non-hydrogen) atoms. The Morgan fingerprint density at radius 1 is 1.08 bits per heavy atom. The second-order valence-corrected chi connectivity index (χ2v) is 7.29. The molecule has 2 aromatic carbocycles. The number of thioether (sulfide) groups is 1. The molecule has 1 aromatic heterocycles. The van der Waals surface area contributed by atoms with Gasteiger partial charge < -0.3 is 11.2 Å². The zero-order chi connectivity index (χ0) is 18.7. The van der Waals surface area contributed by atoms with Crippen molar-refractivity contribution >= 4 is 58.2 Å². The largest absolute Gasteiger partial charge is 0.335 e. The smallest absolute Gasteiger partial charge is 0.234 e. The Morgan fingerprint density at radius 2 is 1.85 bits per heavy atom. The van der Waals surface area contributed by atoms with Gasteiger partial charge in [-0.05, 0) is 30.3 Å². The monoisotopic (exact) mass is 427 g/mol. The third-order valence-corrected chi connectivity index (χ3v) is 5.33. The van der Waals surface area contributed by atoms with Crippen LogP contribution < -0.4 is 11.2 Å². The summed E-state index contributed by atoms with van der Waals surface area (Å²) in [6.45, 7) is 0. The predicted molar refractivity (Wildman–Crippen MR) is 106 cm³/mol. The Hall–Kier alpha value is -1.93. The van der Waals surface area contributed by atoms with E-state index >= 15 is 0 Å². The summed E-state index contributed by atoms with van der Waals surface area (Å²) in [6, 6.07) is 12.0. The number of carbonyl (C=O) groups is 1. The van der Waals surface area contributed by atoms with E-state index in [2.05, 4.69) is 15.5 Å². The van der Waals surface area contributed by atoms with Crippen molar-refractivity contribution in [2.45, 2.75) is 5.16 Å². The van der Waals surface area contributed by atoms with Crippen LogP contribution in [0.5, 0.6) is 0 Å². The van der Waals surface area contributed by atoms with Gasteiger partial charge in [0, 0.05) is 5.56 Å². The molecular weight excluding hydrogens is 417 g/mol. The minimum Gasteiger partial charge on any atom is -0.335 e. The van der Waals surface area contributed by atoms with Gasteiger partial charge in [0.1, 0.15) is 0 Å². The summed E-state index contributed by atoms with van der Waals surface area (Å²) in [4.78, 5) is 12.1. The maximum absolute atomic E-state index is 12.1. The molecule has 0 atom stereocenters. The predicted octanol–water partition coefficient (Wildman–Crippen LogP) is 4.35. The number of halogens is 3. The zero-order valence-electron chi connectivity index (χ0n) is 13.1. The van der Waals surface area contributed by atoms with Crippen molar-refractivity contribution < 1.29 is 4.79 Å². The van der Waals surface area contributed by atoms with Crippen LogP contribution in [0, 0.1) is 0 Å². The Labute approximate surface area is 168 Å². The highest BCUT2D eigenvalue weighted by molar-refractivity contribution is 7.99. The molecule has 3 N–H and O–H groups in total. The minimum atomic E-state index is -0.234. The molecule has 0 aliphatic heterocycles. The lowest BCUT2D eigenvalue weighted by molar-refractivity contribution is -0.113. The summed E-state index contributed by atoms with van der Waals surface area (Å²) >= 11 is 19.1. The second-order valence-electron chi connectivity index (χ2n) is 5.12. The fourth-order valence-electron chi connectivity index (χ4n) is 2.09. The lowest BCUT2D eigenvalue weighted by Crippen LogP contribution is -2.16. The summed E-state index contributed by atoms with van der Waals surface area (Å²) in [5.41, 5.74) is 1.22. The molecule has 6 nitrogen and oxygen atoms in total. The fraction of sp³-hybridized carbons (Fsp3) is 0.0625. The van der Waals surface area contributed by atoms with Gasteiger partial charge in [-0.25, -0.2) is 4.68 Å². The van der Waals surface area contributed by atoms with E-state index in [0.717, 1.165) is 11.8 Å². The lowest BCUT2D eigenvalue weighted by atomic mass is 10.2. The molecule has 3 rings (SSSR count). The fourth-order valence-corrected chi connectivity index (χ4v) is 3.22. The number of nitrogens with one attached hydrogen (secondary N) is 1. The maximum Gasteiger partial charge on any atom is 0.234 e. The number of nitrogen functional groups attached to an aromatic ring is 1.